The first-order chi connectivity index (χ1) is 6.52. The standard InChI is InChI=1S/C9H10FNO3/c10-6-3-1-5(2-4-6)8(12)7(11)9(13)14/h1-4,7-8,12H,11H2,(H,13,14)/t7-,8+/m0/s1. The molecule has 1 aromatic carbocycles. The van der Waals surface area contributed by atoms with Crippen LogP contribution in [0.2, 0.25) is 0 Å². The van der Waals surface area contributed by atoms with Gasteiger partial charge < -0.3 is 15.9 Å². The maximum Gasteiger partial charge on any atom is 0.323 e. The number of carboxylic acids is 1. The van der Waals surface area contributed by atoms with Gasteiger partial charge in [-0.1, -0.05) is 12.1 Å². The van der Waals surface area contributed by atoms with Crippen LogP contribution in [0.1, 0.15) is 11.7 Å². The summed E-state index contributed by atoms with van der Waals surface area (Å²) in [5.41, 5.74) is 5.47. The maximum atomic E-state index is 12.5. The number of carbonyl (C=O) groups is 1. The lowest BCUT2D eigenvalue weighted by molar-refractivity contribution is -0.141. The van der Waals surface area contributed by atoms with Crippen LogP contribution in [0.4, 0.5) is 4.39 Å². The van der Waals surface area contributed by atoms with Crippen molar-refractivity contribution in [3.8, 4) is 0 Å². The van der Waals surface area contributed by atoms with Crippen molar-refractivity contribution < 1.29 is 19.4 Å². The Morgan fingerprint density at radius 1 is 1.36 bits per heavy atom. The van der Waals surface area contributed by atoms with Crippen molar-refractivity contribution in [2.45, 2.75) is 12.1 Å². The Labute approximate surface area is 79.8 Å². The number of rotatable bonds is 3. The third kappa shape index (κ3) is 2.27. The SMILES string of the molecule is N[C@H](C(=O)O)[C@H](O)c1ccc(F)cc1. The molecule has 0 heterocycles. The molecule has 76 valence electrons. The number of carboxylic acid groups (broad SMARTS) is 1. The predicted octanol–water partition coefficient (Wildman–Crippen LogP) is 0.271. The van der Waals surface area contributed by atoms with Gasteiger partial charge in [-0.2, -0.15) is 0 Å². The molecule has 0 aliphatic heterocycles. The molecule has 14 heavy (non-hydrogen) atoms. The largest absolute Gasteiger partial charge is 0.480 e. The summed E-state index contributed by atoms with van der Waals surface area (Å²) in [6, 6.07) is 3.45. The van der Waals surface area contributed by atoms with E-state index in [1.54, 1.807) is 0 Å². The van der Waals surface area contributed by atoms with Crippen LogP contribution in [0, 0.1) is 5.82 Å². The van der Waals surface area contributed by atoms with E-state index in [1.165, 1.54) is 12.1 Å². The van der Waals surface area contributed by atoms with Crippen LogP contribution in [0.5, 0.6) is 0 Å². The fraction of sp³-hybridized carbons (Fsp3) is 0.222. The van der Waals surface area contributed by atoms with Gasteiger partial charge in [-0.05, 0) is 17.7 Å². The van der Waals surface area contributed by atoms with Gasteiger partial charge in [-0.3, -0.25) is 4.79 Å². The van der Waals surface area contributed by atoms with Gasteiger partial charge in [0.05, 0.1) is 0 Å². The number of hydrogen-bond acceptors (Lipinski definition) is 3. The summed E-state index contributed by atoms with van der Waals surface area (Å²) in [6.07, 6.45) is -1.33. The van der Waals surface area contributed by atoms with E-state index in [4.69, 9.17) is 10.8 Å². The number of nitrogens with two attached hydrogens (primary N) is 1. The molecule has 4 N–H and O–H groups in total. The van der Waals surface area contributed by atoms with Crippen LogP contribution in [-0.2, 0) is 4.79 Å². The third-order valence-corrected chi connectivity index (χ3v) is 1.84. The molecular formula is C9H10FNO3. The highest BCUT2D eigenvalue weighted by molar-refractivity contribution is 5.74. The van der Waals surface area contributed by atoms with Gasteiger partial charge in [0, 0.05) is 0 Å². The minimum Gasteiger partial charge on any atom is -0.480 e. The van der Waals surface area contributed by atoms with Crippen molar-refractivity contribution in [3.05, 3.63) is 35.6 Å². The molecule has 0 radical (unpaired) electrons. The molecule has 0 aliphatic rings. The highest BCUT2D eigenvalue weighted by Gasteiger charge is 2.23. The van der Waals surface area contributed by atoms with Crippen molar-refractivity contribution >= 4 is 5.97 Å². The zero-order chi connectivity index (χ0) is 10.7. The van der Waals surface area contributed by atoms with E-state index in [-0.39, 0.29) is 5.56 Å². The molecular weight excluding hydrogens is 189 g/mol. The second-order valence-corrected chi connectivity index (χ2v) is 2.86. The fourth-order valence-corrected chi connectivity index (χ4v) is 1.00. The Hall–Kier alpha value is -1.46. The van der Waals surface area contributed by atoms with E-state index in [2.05, 4.69) is 0 Å². The summed E-state index contributed by atoms with van der Waals surface area (Å²) < 4.78 is 12.5. The summed E-state index contributed by atoms with van der Waals surface area (Å²) >= 11 is 0. The van der Waals surface area contributed by atoms with Crippen LogP contribution >= 0.6 is 0 Å². The first kappa shape index (κ1) is 10.6. The van der Waals surface area contributed by atoms with Crippen LogP contribution in [-0.4, -0.2) is 22.2 Å². The van der Waals surface area contributed by atoms with Crippen LogP contribution < -0.4 is 5.73 Å². The van der Waals surface area contributed by atoms with E-state index in [9.17, 15) is 14.3 Å². The molecule has 0 unspecified atom stereocenters. The van der Waals surface area contributed by atoms with Crippen molar-refractivity contribution in [2.24, 2.45) is 5.73 Å². The van der Waals surface area contributed by atoms with E-state index >= 15 is 0 Å². The van der Waals surface area contributed by atoms with Crippen molar-refractivity contribution in [1.29, 1.82) is 0 Å². The van der Waals surface area contributed by atoms with E-state index in [0.29, 0.717) is 0 Å². The van der Waals surface area contributed by atoms with Crippen LogP contribution in [0.3, 0.4) is 0 Å². The molecule has 4 nitrogen and oxygen atoms in total. The van der Waals surface area contributed by atoms with Crippen molar-refractivity contribution in [3.63, 3.8) is 0 Å². The summed E-state index contributed by atoms with van der Waals surface area (Å²) in [4.78, 5) is 10.4. The zero-order valence-electron chi connectivity index (χ0n) is 7.22. The highest BCUT2D eigenvalue weighted by atomic mass is 19.1. The van der Waals surface area contributed by atoms with Crippen LogP contribution in [0.15, 0.2) is 24.3 Å². The third-order valence-electron chi connectivity index (χ3n) is 1.84. The number of hydrogen-bond donors (Lipinski definition) is 3. The summed E-state index contributed by atoms with van der Waals surface area (Å²) in [6.45, 7) is 0. The van der Waals surface area contributed by atoms with Crippen molar-refractivity contribution in [1.82, 2.24) is 0 Å². The minimum atomic E-state index is -1.40. The average molecular weight is 199 g/mol. The van der Waals surface area contributed by atoms with Gasteiger partial charge in [0.25, 0.3) is 0 Å². The molecule has 0 aromatic heterocycles. The molecule has 0 amide bonds. The molecule has 0 spiro atoms. The van der Waals surface area contributed by atoms with Crippen LogP contribution in [0.25, 0.3) is 0 Å². The zero-order valence-corrected chi connectivity index (χ0v) is 7.22. The normalized spacial score (nSPS) is 14.8. The van der Waals surface area contributed by atoms with Gasteiger partial charge in [0.15, 0.2) is 0 Å². The molecule has 0 aliphatic carbocycles. The Balaban J connectivity index is 2.84. The molecule has 0 saturated carbocycles. The number of aliphatic hydroxyl groups is 1. The fourth-order valence-electron chi connectivity index (χ4n) is 1.00. The Bertz CT molecular complexity index is 325. The Morgan fingerprint density at radius 2 is 1.86 bits per heavy atom. The lowest BCUT2D eigenvalue weighted by atomic mass is 10.0. The number of halogens is 1. The predicted molar refractivity (Wildman–Crippen MR) is 47.0 cm³/mol. The van der Waals surface area contributed by atoms with Gasteiger partial charge in [-0.15, -0.1) is 0 Å². The average Bonchev–Trinajstić information content (AvgIpc) is 2.16. The molecule has 2 atom stereocenters. The maximum absolute atomic E-state index is 12.5. The highest BCUT2D eigenvalue weighted by Crippen LogP contribution is 2.15. The number of benzene rings is 1. The quantitative estimate of drug-likeness (QED) is 0.652. The topological polar surface area (TPSA) is 83.6 Å². The van der Waals surface area contributed by atoms with Gasteiger partial charge in [0.2, 0.25) is 0 Å². The number of aliphatic carboxylic acids is 1. The van der Waals surface area contributed by atoms with E-state index in [1.807, 2.05) is 0 Å². The lowest BCUT2D eigenvalue weighted by Crippen LogP contribution is -2.36. The molecule has 1 aromatic rings. The molecule has 5 heteroatoms. The first-order valence-corrected chi connectivity index (χ1v) is 3.94. The second-order valence-electron chi connectivity index (χ2n) is 2.86. The Kier molecular flexibility index (Phi) is 3.16. The summed E-state index contributed by atoms with van der Waals surface area (Å²) in [7, 11) is 0. The smallest absolute Gasteiger partial charge is 0.323 e. The molecule has 0 saturated heterocycles. The minimum absolute atomic E-state index is 0.279. The molecule has 0 bridgehead atoms. The molecule has 1 rings (SSSR count). The second kappa shape index (κ2) is 4.17. The van der Waals surface area contributed by atoms with E-state index < -0.39 is 23.9 Å². The number of aliphatic hydroxyl groups excluding tert-OH is 1. The summed E-state index contributed by atoms with van der Waals surface area (Å²) in [5, 5.41) is 17.9. The first-order valence-electron chi connectivity index (χ1n) is 3.94. The monoisotopic (exact) mass is 199 g/mol. The molecule has 0 fully saturated rings. The Morgan fingerprint density at radius 3 is 2.29 bits per heavy atom. The summed E-state index contributed by atoms with van der Waals surface area (Å²) in [5.74, 6) is -1.76. The van der Waals surface area contributed by atoms with Crippen molar-refractivity contribution in [2.75, 3.05) is 0 Å². The van der Waals surface area contributed by atoms with Gasteiger partial charge in [0.1, 0.15) is 18.0 Å². The lowest BCUT2D eigenvalue weighted by Gasteiger charge is -2.14. The van der Waals surface area contributed by atoms with Gasteiger partial charge >= 0.3 is 5.97 Å². The van der Waals surface area contributed by atoms with Gasteiger partial charge in [-0.25, -0.2) is 4.39 Å². The van der Waals surface area contributed by atoms with E-state index in [0.717, 1.165) is 12.1 Å².